The fourth-order valence-corrected chi connectivity index (χ4v) is 5.49. The monoisotopic (exact) mass is 557 g/mol. The highest BCUT2D eigenvalue weighted by molar-refractivity contribution is 6.01. The quantitative estimate of drug-likeness (QED) is 0.446. The van der Waals surface area contributed by atoms with Crippen LogP contribution >= 0.6 is 0 Å². The van der Waals surface area contributed by atoms with Crippen molar-refractivity contribution >= 4 is 11.8 Å². The number of nitrogens with zero attached hydrogens (tertiary/aromatic N) is 3. The molecule has 0 aliphatic carbocycles. The van der Waals surface area contributed by atoms with Crippen LogP contribution in [0, 0.1) is 5.92 Å². The number of ether oxygens (including phenoxy) is 1. The average molecular weight is 558 g/mol. The lowest BCUT2D eigenvalue weighted by Crippen LogP contribution is -2.50. The maximum atomic E-state index is 14.0. The van der Waals surface area contributed by atoms with E-state index in [0.29, 0.717) is 31.7 Å². The van der Waals surface area contributed by atoms with Gasteiger partial charge >= 0.3 is 0 Å². The second-order valence-electron chi connectivity index (χ2n) is 11.4. The van der Waals surface area contributed by atoms with Crippen molar-refractivity contribution in [1.29, 1.82) is 0 Å². The first-order valence-electron chi connectivity index (χ1n) is 14.4. The van der Waals surface area contributed by atoms with E-state index in [9.17, 15) is 14.7 Å². The van der Waals surface area contributed by atoms with E-state index in [1.54, 1.807) is 9.80 Å². The average Bonchev–Trinajstić information content (AvgIpc) is 3.01. The molecule has 0 bridgehead atoms. The molecule has 0 spiro atoms. The summed E-state index contributed by atoms with van der Waals surface area (Å²) in [7, 11) is 5.69. The second-order valence-corrected chi connectivity index (χ2v) is 11.4. The van der Waals surface area contributed by atoms with Gasteiger partial charge in [0, 0.05) is 31.6 Å². The van der Waals surface area contributed by atoms with Crippen LogP contribution in [0.4, 0.5) is 0 Å². The molecule has 3 aromatic rings. The van der Waals surface area contributed by atoms with Gasteiger partial charge in [-0.25, -0.2) is 0 Å². The molecule has 0 unspecified atom stereocenters. The first-order valence-corrected chi connectivity index (χ1v) is 14.4. The molecular weight excluding hydrogens is 514 g/mol. The van der Waals surface area contributed by atoms with Crippen LogP contribution in [-0.4, -0.2) is 90.6 Å². The van der Waals surface area contributed by atoms with Crippen LogP contribution in [0.15, 0.2) is 78.9 Å². The maximum Gasteiger partial charge on any atom is 0.254 e. The zero-order valence-electron chi connectivity index (χ0n) is 24.9. The molecule has 1 aliphatic heterocycles. The molecular formula is C34H43N3O4. The lowest BCUT2D eigenvalue weighted by Gasteiger charge is -2.36. The Morgan fingerprint density at radius 2 is 1.56 bits per heavy atom. The van der Waals surface area contributed by atoms with E-state index in [4.69, 9.17) is 4.74 Å². The van der Waals surface area contributed by atoms with Crippen LogP contribution < -0.4 is 0 Å². The third-order valence-electron chi connectivity index (χ3n) is 8.10. The highest BCUT2D eigenvalue weighted by Gasteiger charge is 2.32. The van der Waals surface area contributed by atoms with Gasteiger partial charge in [-0.1, -0.05) is 79.7 Å². The number of benzene rings is 3. The Labute approximate surface area is 244 Å². The topological polar surface area (TPSA) is 73.3 Å². The van der Waals surface area contributed by atoms with Crippen molar-refractivity contribution in [2.24, 2.45) is 5.92 Å². The number of rotatable bonds is 8. The van der Waals surface area contributed by atoms with Gasteiger partial charge in [0.1, 0.15) is 0 Å². The van der Waals surface area contributed by atoms with E-state index in [2.05, 4.69) is 6.92 Å². The second kappa shape index (κ2) is 13.9. The van der Waals surface area contributed by atoms with Crippen LogP contribution in [0.25, 0.3) is 11.1 Å². The maximum absolute atomic E-state index is 14.0. The van der Waals surface area contributed by atoms with Gasteiger partial charge in [0.25, 0.3) is 5.91 Å². The Balaban J connectivity index is 1.65. The smallest absolute Gasteiger partial charge is 0.254 e. The van der Waals surface area contributed by atoms with Gasteiger partial charge in [-0.05, 0) is 55.8 Å². The summed E-state index contributed by atoms with van der Waals surface area (Å²) in [4.78, 5) is 33.2. The number of fused-ring (bicyclic) bond motifs is 3. The number of hydrogen-bond acceptors (Lipinski definition) is 5. The molecule has 41 heavy (non-hydrogen) atoms. The Hall–Kier alpha value is -3.52. The minimum Gasteiger partial charge on any atom is -0.394 e. The molecule has 0 saturated heterocycles. The predicted octanol–water partition coefficient (Wildman–Crippen LogP) is 4.34. The molecule has 7 heteroatoms. The zero-order chi connectivity index (χ0) is 29.5. The normalized spacial score (nSPS) is 19.1. The minimum atomic E-state index is -0.377. The van der Waals surface area contributed by atoms with Gasteiger partial charge in [-0.2, -0.15) is 0 Å². The van der Waals surface area contributed by atoms with Gasteiger partial charge in [-0.15, -0.1) is 0 Å². The first kappa shape index (κ1) is 30.4. The predicted molar refractivity (Wildman–Crippen MR) is 162 cm³/mol. The third-order valence-corrected chi connectivity index (χ3v) is 8.10. The summed E-state index contributed by atoms with van der Waals surface area (Å²) in [6.07, 6.45) is 0.277. The van der Waals surface area contributed by atoms with Crippen molar-refractivity contribution in [3.63, 3.8) is 0 Å². The summed E-state index contributed by atoms with van der Waals surface area (Å²) in [5.41, 5.74) is 4.49. The minimum absolute atomic E-state index is 0.0217. The molecule has 3 aromatic carbocycles. The van der Waals surface area contributed by atoms with Crippen LogP contribution in [0.2, 0.25) is 0 Å². The molecule has 1 aliphatic rings. The molecule has 4 atom stereocenters. The van der Waals surface area contributed by atoms with Crippen LogP contribution in [0.5, 0.6) is 0 Å². The van der Waals surface area contributed by atoms with Gasteiger partial charge in [0.2, 0.25) is 5.91 Å². The van der Waals surface area contributed by atoms with Crippen molar-refractivity contribution in [1.82, 2.24) is 14.7 Å². The Bertz CT molecular complexity index is 1310. The van der Waals surface area contributed by atoms with Crippen LogP contribution in [0.1, 0.15) is 35.3 Å². The van der Waals surface area contributed by atoms with Gasteiger partial charge in [0.05, 0.1) is 31.4 Å². The summed E-state index contributed by atoms with van der Waals surface area (Å²) in [6, 6.07) is 25.0. The Morgan fingerprint density at radius 1 is 0.951 bits per heavy atom. The largest absolute Gasteiger partial charge is 0.394 e. The number of hydrogen-bond donors (Lipinski definition) is 1. The number of carbonyl (C=O) groups is 2. The Morgan fingerprint density at radius 3 is 2.22 bits per heavy atom. The lowest BCUT2D eigenvalue weighted by molar-refractivity contribution is -0.137. The molecule has 7 nitrogen and oxygen atoms in total. The molecule has 0 fully saturated rings. The summed E-state index contributed by atoms with van der Waals surface area (Å²) in [6.45, 7) is 4.88. The zero-order valence-corrected chi connectivity index (χ0v) is 24.9. The molecule has 0 saturated carbocycles. The van der Waals surface area contributed by atoms with Crippen molar-refractivity contribution in [3.8, 4) is 11.1 Å². The molecule has 0 radical (unpaired) electrons. The molecule has 0 aromatic heterocycles. The first-order chi connectivity index (χ1) is 19.7. The molecule has 2 amide bonds. The SMILES string of the molecule is C[C@@H]1CN([C@H](C)CO)C(=O)c2ccccc2-c2ccccc2CO[C@@H]1CN(C)C(=O)[C@@H](Cc1ccccc1)N(C)C. The van der Waals surface area contributed by atoms with Crippen LogP contribution in [0.3, 0.4) is 0 Å². The highest BCUT2D eigenvalue weighted by Crippen LogP contribution is 2.31. The molecule has 218 valence electrons. The number of aliphatic hydroxyl groups is 1. The van der Waals surface area contributed by atoms with Gasteiger partial charge < -0.3 is 19.6 Å². The number of likely N-dealkylation sites (N-methyl/N-ethyl adjacent to an activating group) is 2. The summed E-state index contributed by atoms with van der Waals surface area (Å²) in [5.74, 6) is -0.203. The van der Waals surface area contributed by atoms with Crippen LogP contribution in [-0.2, 0) is 22.6 Å². The highest BCUT2D eigenvalue weighted by atomic mass is 16.5. The Kier molecular flexibility index (Phi) is 10.3. The number of amides is 2. The van der Waals surface area contributed by atoms with E-state index in [0.717, 1.165) is 22.3 Å². The van der Waals surface area contributed by atoms with Gasteiger partial charge in [-0.3, -0.25) is 14.5 Å². The van der Waals surface area contributed by atoms with Crippen molar-refractivity contribution in [2.45, 2.75) is 45.1 Å². The number of aliphatic hydroxyl groups excluding tert-OH is 1. The number of carbonyl (C=O) groups excluding carboxylic acids is 2. The van der Waals surface area contributed by atoms with E-state index in [1.165, 1.54) is 0 Å². The fraction of sp³-hybridized carbons (Fsp3) is 0.412. The van der Waals surface area contributed by atoms with E-state index < -0.39 is 0 Å². The van der Waals surface area contributed by atoms with Crippen molar-refractivity contribution in [3.05, 3.63) is 95.6 Å². The van der Waals surface area contributed by atoms with E-state index in [1.807, 2.05) is 112 Å². The molecule has 1 N–H and O–H groups in total. The fourth-order valence-electron chi connectivity index (χ4n) is 5.49. The summed E-state index contributed by atoms with van der Waals surface area (Å²) in [5, 5.41) is 10.1. The van der Waals surface area contributed by atoms with Crippen molar-refractivity contribution in [2.75, 3.05) is 40.8 Å². The molecule has 4 rings (SSSR count). The van der Waals surface area contributed by atoms with Crippen molar-refractivity contribution < 1.29 is 19.4 Å². The van der Waals surface area contributed by atoms with E-state index in [-0.39, 0.29) is 42.5 Å². The third kappa shape index (κ3) is 7.22. The molecule has 1 heterocycles. The van der Waals surface area contributed by atoms with E-state index >= 15 is 0 Å². The van der Waals surface area contributed by atoms with Gasteiger partial charge in [0.15, 0.2) is 0 Å². The standard InChI is InChI=1S/C34H43N3O4/c1-24-20-37(25(2)22-38)33(39)30-18-12-11-17-29(30)28-16-10-9-15-27(28)23-41-32(24)21-36(5)34(40)31(35(3)4)19-26-13-7-6-8-14-26/h6-18,24-25,31-32,38H,19-23H2,1-5H3/t24-,25-,31-,32-/m1/s1. The lowest BCUT2D eigenvalue weighted by atomic mass is 9.94. The summed E-state index contributed by atoms with van der Waals surface area (Å²) < 4.78 is 6.60. The summed E-state index contributed by atoms with van der Waals surface area (Å²) >= 11 is 0.